The van der Waals surface area contributed by atoms with Gasteiger partial charge in [0, 0.05) is 18.0 Å². The summed E-state index contributed by atoms with van der Waals surface area (Å²) in [5, 5.41) is 2.80. The molecule has 0 amide bonds. The third-order valence-electron chi connectivity index (χ3n) is 1.50. The number of nitrogen functional groups attached to an aromatic ring is 1. The molecule has 0 spiro atoms. The van der Waals surface area contributed by atoms with Crippen molar-refractivity contribution in [1.82, 2.24) is 4.98 Å². The number of nitrogens with two attached hydrogens (primary N) is 1. The first kappa shape index (κ1) is 10.3. The highest BCUT2D eigenvalue weighted by Gasteiger charge is 2.01. The van der Waals surface area contributed by atoms with Gasteiger partial charge in [0.15, 0.2) is 0 Å². The lowest BCUT2D eigenvalue weighted by Gasteiger charge is -2.05. The van der Waals surface area contributed by atoms with Crippen LogP contribution < -0.4 is 11.1 Å². The number of pyridine rings is 1. The molecule has 0 aliphatic rings. The van der Waals surface area contributed by atoms with E-state index < -0.39 is 0 Å². The molecule has 0 bridgehead atoms. The van der Waals surface area contributed by atoms with Crippen LogP contribution in [-0.2, 0) is 9.53 Å². The van der Waals surface area contributed by atoms with E-state index in [0.29, 0.717) is 18.1 Å². The van der Waals surface area contributed by atoms with Crippen LogP contribution in [0, 0.1) is 0 Å². The summed E-state index contributed by atoms with van der Waals surface area (Å²) in [7, 11) is 0. The summed E-state index contributed by atoms with van der Waals surface area (Å²) < 4.78 is 4.73. The molecule has 0 unspecified atom stereocenters. The zero-order chi connectivity index (χ0) is 10.4. The van der Waals surface area contributed by atoms with Crippen molar-refractivity contribution < 1.29 is 9.53 Å². The standard InChI is InChI=1S/C9H13N3O2/c1-2-14-9(13)6-12-8-5-7(10)3-4-11-8/h3-5H,2,6H2,1H3,(H3,10,11,12). The summed E-state index contributed by atoms with van der Waals surface area (Å²) in [6, 6.07) is 3.33. The first-order chi connectivity index (χ1) is 6.72. The van der Waals surface area contributed by atoms with E-state index in [1.165, 1.54) is 0 Å². The number of esters is 1. The molecular weight excluding hydrogens is 182 g/mol. The second-order valence-electron chi connectivity index (χ2n) is 2.63. The molecule has 0 aromatic carbocycles. The highest BCUT2D eigenvalue weighted by atomic mass is 16.5. The Hall–Kier alpha value is -1.78. The number of hydrogen-bond donors (Lipinski definition) is 2. The Labute approximate surface area is 82.3 Å². The predicted molar refractivity (Wildman–Crippen MR) is 53.8 cm³/mol. The zero-order valence-electron chi connectivity index (χ0n) is 7.99. The summed E-state index contributed by atoms with van der Waals surface area (Å²) in [5.74, 6) is 0.259. The largest absolute Gasteiger partial charge is 0.465 e. The molecule has 1 aromatic rings. The Kier molecular flexibility index (Phi) is 3.72. The normalized spacial score (nSPS) is 9.50. The number of nitrogens with zero attached hydrogens (tertiary/aromatic N) is 1. The smallest absolute Gasteiger partial charge is 0.325 e. The fourth-order valence-corrected chi connectivity index (χ4v) is 0.918. The Morgan fingerprint density at radius 3 is 3.14 bits per heavy atom. The minimum absolute atomic E-state index is 0.101. The molecule has 14 heavy (non-hydrogen) atoms. The molecule has 0 atom stereocenters. The van der Waals surface area contributed by atoms with Crippen molar-refractivity contribution in [2.75, 3.05) is 24.2 Å². The Bertz CT molecular complexity index is 315. The number of anilines is 2. The van der Waals surface area contributed by atoms with Crippen LogP contribution >= 0.6 is 0 Å². The summed E-state index contributed by atoms with van der Waals surface area (Å²) in [6.07, 6.45) is 1.57. The molecule has 0 saturated carbocycles. The van der Waals surface area contributed by atoms with Gasteiger partial charge in [-0.3, -0.25) is 4.79 Å². The second kappa shape index (κ2) is 5.06. The number of nitrogens with one attached hydrogen (secondary N) is 1. The fourth-order valence-electron chi connectivity index (χ4n) is 0.918. The van der Waals surface area contributed by atoms with Crippen LogP contribution in [0.15, 0.2) is 18.3 Å². The molecule has 0 radical (unpaired) electrons. The van der Waals surface area contributed by atoms with Crippen molar-refractivity contribution in [3.63, 3.8) is 0 Å². The van der Waals surface area contributed by atoms with Crippen LogP contribution in [0.25, 0.3) is 0 Å². The van der Waals surface area contributed by atoms with E-state index >= 15 is 0 Å². The highest BCUT2D eigenvalue weighted by molar-refractivity contribution is 5.74. The summed E-state index contributed by atoms with van der Waals surface area (Å²) >= 11 is 0. The molecule has 0 aliphatic carbocycles. The van der Waals surface area contributed by atoms with Gasteiger partial charge in [0.2, 0.25) is 0 Å². The maximum absolute atomic E-state index is 11.0. The third-order valence-corrected chi connectivity index (χ3v) is 1.50. The number of rotatable bonds is 4. The van der Waals surface area contributed by atoms with Gasteiger partial charge in [0.05, 0.1) is 6.61 Å². The molecule has 0 aliphatic heterocycles. The van der Waals surface area contributed by atoms with Gasteiger partial charge < -0.3 is 15.8 Å². The first-order valence-electron chi connectivity index (χ1n) is 4.33. The van der Waals surface area contributed by atoms with Crippen molar-refractivity contribution in [2.24, 2.45) is 0 Å². The highest BCUT2D eigenvalue weighted by Crippen LogP contribution is 2.06. The Balaban J connectivity index is 2.41. The number of aromatic nitrogens is 1. The van der Waals surface area contributed by atoms with E-state index in [9.17, 15) is 4.79 Å². The summed E-state index contributed by atoms with van der Waals surface area (Å²) in [4.78, 5) is 14.9. The van der Waals surface area contributed by atoms with Crippen LogP contribution in [0.3, 0.4) is 0 Å². The second-order valence-corrected chi connectivity index (χ2v) is 2.63. The van der Waals surface area contributed by atoms with Gasteiger partial charge >= 0.3 is 5.97 Å². The van der Waals surface area contributed by atoms with Crippen LogP contribution in [0.2, 0.25) is 0 Å². The predicted octanol–water partition coefficient (Wildman–Crippen LogP) is 0.639. The van der Waals surface area contributed by atoms with Crippen molar-refractivity contribution in [2.45, 2.75) is 6.92 Å². The SMILES string of the molecule is CCOC(=O)CNc1cc(N)ccn1. The number of ether oxygens (including phenoxy) is 1. The van der Waals surface area contributed by atoms with Gasteiger partial charge in [-0.15, -0.1) is 0 Å². The monoisotopic (exact) mass is 195 g/mol. The van der Waals surface area contributed by atoms with E-state index in [4.69, 9.17) is 10.5 Å². The molecule has 0 saturated heterocycles. The van der Waals surface area contributed by atoms with Gasteiger partial charge in [0.1, 0.15) is 12.4 Å². The number of carbonyl (C=O) groups is 1. The first-order valence-corrected chi connectivity index (χ1v) is 4.33. The van der Waals surface area contributed by atoms with E-state index in [1.807, 2.05) is 0 Å². The third kappa shape index (κ3) is 3.30. The Morgan fingerprint density at radius 2 is 2.50 bits per heavy atom. The lowest BCUT2D eigenvalue weighted by molar-refractivity contribution is -0.140. The maximum atomic E-state index is 11.0. The molecule has 3 N–H and O–H groups in total. The van der Waals surface area contributed by atoms with E-state index in [2.05, 4.69) is 10.3 Å². The zero-order valence-corrected chi connectivity index (χ0v) is 7.99. The van der Waals surface area contributed by atoms with Crippen molar-refractivity contribution in [3.05, 3.63) is 18.3 Å². The molecule has 1 rings (SSSR count). The van der Waals surface area contributed by atoms with E-state index in [0.717, 1.165) is 0 Å². The molecular formula is C9H13N3O2. The van der Waals surface area contributed by atoms with Crippen LogP contribution in [-0.4, -0.2) is 24.1 Å². The van der Waals surface area contributed by atoms with Gasteiger partial charge in [-0.1, -0.05) is 0 Å². The molecule has 1 heterocycles. The summed E-state index contributed by atoms with van der Waals surface area (Å²) in [6.45, 7) is 2.24. The number of hydrogen-bond acceptors (Lipinski definition) is 5. The van der Waals surface area contributed by atoms with Crippen molar-refractivity contribution >= 4 is 17.5 Å². The summed E-state index contributed by atoms with van der Waals surface area (Å²) in [5.41, 5.74) is 6.13. The van der Waals surface area contributed by atoms with Gasteiger partial charge in [-0.2, -0.15) is 0 Å². The molecule has 76 valence electrons. The van der Waals surface area contributed by atoms with Gasteiger partial charge in [0.25, 0.3) is 0 Å². The topological polar surface area (TPSA) is 77.2 Å². The fraction of sp³-hybridized carbons (Fsp3) is 0.333. The van der Waals surface area contributed by atoms with E-state index in [-0.39, 0.29) is 12.5 Å². The molecule has 5 heteroatoms. The van der Waals surface area contributed by atoms with Gasteiger partial charge in [-0.25, -0.2) is 4.98 Å². The lowest BCUT2D eigenvalue weighted by atomic mass is 10.4. The van der Waals surface area contributed by atoms with Gasteiger partial charge in [-0.05, 0) is 13.0 Å². The molecule has 5 nitrogen and oxygen atoms in total. The van der Waals surface area contributed by atoms with Crippen LogP contribution in [0.5, 0.6) is 0 Å². The molecule has 1 aromatic heterocycles. The minimum atomic E-state index is -0.309. The number of carbonyl (C=O) groups excluding carboxylic acids is 1. The average molecular weight is 195 g/mol. The minimum Gasteiger partial charge on any atom is -0.465 e. The van der Waals surface area contributed by atoms with Crippen LogP contribution in [0.1, 0.15) is 6.92 Å². The Morgan fingerprint density at radius 1 is 1.71 bits per heavy atom. The average Bonchev–Trinajstić information content (AvgIpc) is 2.15. The lowest BCUT2D eigenvalue weighted by Crippen LogP contribution is -2.17. The maximum Gasteiger partial charge on any atom is 0.325 e. The quantitative estimate of drug-likeness (QED) is 0.689. The van der Waals surface area contributed by atoms with Crippen LogP contribution in [0.4, 0.5) is 11.5 Å². The van der Waals surface area contributed by atoms with E-state index in [1.54, 1.807) is 25.3 Å². The van der Waals surface area contributed by atoms with Crippen molar-refractivity contribution in [3.8, 4) is 0 Å². The molecule has 0 fully saturated rings. The van der Waals surface area contributed by atoms with Crippen molar-refractivity contribution in [1.29, 1.82) is 0 Å².